The van der Waals surface area contributed by atoms with E-state index in [2.05, 4.69) is 35.2 Å². The van der Waals surface area contributed by atoms with Crippen molar-refractivity contribution in [3.8, 4) is 11.5 Å². The maximum absolute atomic E-state index is 13.8. The van der Waals surface area contributed by atoms with Crippen LogP contribution in [0.15, 0.2) is 36.9 Å². The Balaban J connectivity index is 1.75. The molecule has 0 radical (unpaired) electrons. The molecule has 38 heavy (non-hydrogen) atoms. The van der Waals surface area contributed by atoms with Crippen LogP contribution in [0.2, 0.25) is 0 Å². The Morgan fingerprint density at radius 1 is 0.974 bits per heavy atom. The monoisotopic (exact) mass is 539 g/mol. The van der Waals surface area contributed by atoms with Crippen molar-refractivity contribution in [2.75, 3.05) is 0 Å². The van der Waals surface area contributed by atoms with Crippen molar-refractivity contribution in [1.82, 2.24) is 44.5 Å². The highest BCUT2D eigenvalue weighted by atomic mass is 32.2. The lowest BCUT2D eigenvalue weighted by Gasteiger charge is -2.25. The fourth-order valence-corrected chi connectivity index (χ4v) is 5.44. The highest BCUT2D eigenvalue weighted by molar-refractivity contribution is 7.91. The number of pyridine rings is 1. The van der Waals surface area contributed by atoms with Gasteiger partial charge >= 0.3 is 0 Å². The zero-order chi connectivity index (χ0) is 27.6. The number of sulfone groups is 1. The zero-order valence-electron chi connectivity index (χ0n) is 22.6. The molecule has 0 bridgehead atoms. The molecular formula is C25H33N9O3S. The number of hydrogen-bond acceptors (Lipinski definition) is 10. The first-order valence-electron chi connectivity index (χ1n) is 12.3. The second-order valence-corrected chi connectivity index (χ2v) is 12.0. The number of ether oxygens (including phenoxy) is 1. The second kappa shape index (κ2) is 11.0. The number of hydrogen-bond donors (Lipinski definition) is 0. The Morgan fingerprint density at radius 2 is 1.68 bits per heavy atom. The van der Waals surface area contributed by atoms with Gasteiger partial charge in [-0.2, -0.15) is 5.10 Å². The van der Waals surface area contributed by atoms with Gasteiger partial charge in [0.25, 0.3) is 0 Å². The Morgan fingerprint density at radius 3 is 2.29 bits per heavy atom. The predicted octanol–water partition coefficient (Wildman–Crippen LogP) is 2.95. The largest absolute Gasteiger partial charge is 0.366 e. The van der Waals surface area contributed by atoms with E-state index in [0.29, 0.717) is 23.2 Å². The van der Waals surface area contributed by atoms with Gasteiger partial charge in [-0.15, -0.1) is 10.2 Å². The van der Waals surface area contributed by atoms with Crippen LogP contribution >= 0.6 is 0 Å². The van der Waals surface area contributed by atoms with Gasteiger partial charge in [0.1, 0.15) is 29.7 Å². The molecule has 13 heteroatoms. The number of aromatic nitrogens is 9. The molecule has 0 aliphatic rings. The molecule has 0 saturated carbocycles. The lowest BCUT2D eigenvalue weighted by Crippen LogP contribution is -2.32. The summed E-state index contributed by atoms with van der Waals surface area (Å²) >= 11 is 0. The van der Waals surface area contributed by atoms with Gasteiger partial charge in [0.15, 0.2) is 27.3 Å². The summed E-state index contributed by atoms with van der Waals surface area (Å²) in [6.45, 7) is 10.9. The van der Waals surface area contributed by atoms with E-state index in [4.69, 9.17) is 4.74 Å². The molecule has 0 aliphatic heterocycles. The molecule has 0 aromatic carbocycles. The average molecular weight is 540 g/mol. The van der Waals surface area contributed by atoms with Gasteiger partial charge < -0.3 is 4.74 Å². The van der Waals surface area contributed by atoms with Gasteiger partial charge in [0.2, 0.25) is 0 Å². The van der Waals surface area contributed by atoms with Crippen molar-refractivity contribution in [3.63, 3.8) is 0 Å². The van der Waals surface area contributed by atoms with Crippen molar-refractivity contribution in [1.29, 1.82) is 0 Å². The van der Waals surface area contributed by atoms with E-state index in [0.717, 1.165) is 11.3 Å². The Labute approximate surface area is 222 Å². The molecule has 12 nitrogen and oxygen atoms in total. The minimum atomic E-state index is -3.82. The van der Waals surface area contributed by atoms with Crippen LogP contribution < -0.4 is 0 Å². The SMILES string of the molecule is Cc1cnc([C@H](OC(C)C)[C@H](C)S(=O)(=O)Cc2nnc(-c3cccc(C)n3)n2[C@@H](C)c2ncn(C)n2)nc1. The van der Waals surface area contributed by atoms with Gasteiger partial charge in [-0.3, -0.25) is 9.25 Å². The van der Waals surface area contributed by atoms with Crippen LogP contribution in [0.25, 0.3) is 11.5 Å². The van der Waals surface area contributed by atoms with Crippen molar-refractivity contribution in [2.45, 2.75) is 70.8 Å². The van der Waals surface area contributed by atoms with Crippen molar-refractivity contribution >= 4 is 9.84 Å². The quantitative estimate of drug-likeness (QED) is 0.295. The van der Waals surface area contributed by atoms with E-state index in [1.807, 2.05) is 52.8 Å². The third-order valence-corrected chi connectivity index (χ3v) is 8.10. The van der Waals surface area contributed by atoms with Crippen LogP contribution in [0.3, 0.4) is 0 Å². The van der Waals surface area contributed by atoms with E-state index in [9.17, 15) is 8.42 Å². The van der Waals surface area contributed by atoms with Gasteiger partial charge in [-0.1, -0.05) is 6.07 Å². The lowest BCUT2D eigenvalue weighted by atomic mass is 10.2. The summed E-state index contributed by atoms with van der Waals surface area (Å²) in [5.74, 6) is 1.12. The van der Waals surface area contributed by atoms with Crippen LogP contribution in [0.1, 0.15) is 68.6 Å². The first-order chi connectivity index (χ1) is 18.0. The summed E-state index contributed by atoms with van der Waals surface area (Å²) in [5, 5.41) is 12.1. The third-order valence-electron chi connectivity index (χ3n) is 6.06. The molecule has 0 unspecified atom stereocenters. The highest BCUT2D eigenvalue weighted by Crippen LogP contribution is 2.30. The van der Waals surface area contributed by atoms with Crippen LogP contribution in [0.4, 0.5) is 0 Å². The summed E-state index contributed by atoms with van der Waals surface area (Å²) in [7, 11) is -2.05. The van der Waals surface area contributed by atoms with E-state index in [1.165, 1.54) is 0 Å². The second-order valence-electron chi connectivity index (χ2n) is 9.66. The molecular weight excluding hydrogens is 506 g/mol. The standard InChI is InChI=1S/C25H33N9O3S/c1-15(2)37-22(24-26-11-16(3)12-27-24)19(6)38(35,36)13-21-30-31-25(20-10-8-9-17(4)29-20)34(21)18(5)23-28-14-33(7)32-23/h8-12,14-15,18-19,22H,13H2,1-7H3/t18-,19-,22+/m0/s1. The van der Waals surface area contributed by atoms with E-state index in [1.54, 1.807) is 41.9 Å². The molecule has 4 rings (SSSR count). The van der Waals surface area contributed by atoms with Crippen molar-refractivity contribution in [3.05, 3.63) is 65.7 Å². The van der Waals surface area contributed by atoms with Crippen LogP contribution in [-0.4, -0.2) is 64.3 Å². The molecule has 0 aliphatic carbocycles. The van der Waals surface area contributed by atoms with Crippen molar-refractivity contribution in [2.24, 2.45) is 7.05 Å². The highest BCUT2D eigenvalue weighted by Gasteiger charge is 2.36. The number of rotatable bonds is 10. The maximum atomic E-state index is 13.8. The Hall–Kier alpha value is -3.58. The first kappa shape index (κ1) is 27.5. The average Bonchev–Trinajstić information content (AvgIpc) is 3.48. The van der Waals surface area contributed by atoms with Crippen LogP contribution in [0.5, 0.6) is 0 Å². The molecule has 4 aromatic rings. The fourth-order valence-electron chi connectivity index (χ4n) is 4.06. The molecule has 202 valence electrons. The molecule has 0 amide bonds. The molecule has 0 spiro atoms. The van der Waals surface area contributed by atoms with E-state index < -0.39 is 27.2 Å². The normalized spacial score (nSPS) is 14.5. The maximum Gasteiger partial charge on any atom is 0.183 e. The molecule has 3 atom stereocenters. The molecule has 4 aromatic heterocycles. The summed E-state index contributed by atoms with van der Waals surface area (Å²) < 4.78 is 37.0. The molecule has 0 fully saturated rings. The van der Waals surface area contributed by atoms with Gasteiger partial charge in [-0.05, 0) is 59.2 Å². The van der Waals surface area contributed by atoms with Gasteiger partial charge in [0.05, 0.1) is 17.4 Å². The van der Waals surface area contributed by atoms with E-state index in [-0.39, 0.29) is 17.7 Å². The number of aryl methyl sites for hydroxylation is 3. The predicted molar refractivity (Wildman–Crippen MR) is 141 cm³/mol. The lowest BCUT2D eigenvalue weighted by molar-refractivity contribution is 0.00140. The minimum absolute atomic E-state index is 0.236. The first-order valence-corrected chi connectivity index (χ1v) is 14.1. The molecule has 4 heterocycles. The third kappa shape index (κ3) is 5.94. The van der Waals surface area contributed by atoms with E-state index >= 15 is 0 Å². The molecule has 0 N–H and O–H groups in total. The minimum Gasteiger partial charge on any atom is -0.366 e. The number of nitrogens with zero attached hydrogens (tertiary/aromatic N) is 9. The Bertz CT molecular complexity index is 1500. The summed E-state index contributed by atoms with van der Waals surface area (Å²) in [4.78, 5) is 17.7. The summed E-state index contributed by atoms with van der Waals surface area (Å²) in [6, 6.07) is 5.11. The van der Waals surface area contributed by atoms with Crippen molar-refractivity contribution < 1.29 is 13.2 Å². The summed E-state index contributed by atoms with van der Waals surface area (Å²) in [6.07, 6.45) is 3.80. The van der Waals surface area contributed by atoms with Gasteiger partial charge in [0, 0.05) is 25.1 Å². The smallest absolute Gasteiger partial charge is 0.183 e. The topological polar surface area (TPSA) is 143 Å². The fraction of sp³-hybridized carbons (Fsp3) is 0.480. The van der Waals surface area contributed by atoms with Crippen LogP contribution in [-0.2, 0) is 27.4 Å². The summed E-state index contributed by atoms with van der Waals surface area (Å²) in [5.41, 5.74) is 2.25. The molecule has 0 saturated heterocycles. The van der Waals surface area contributed by atoms with Gasteiger partial charge in [-0.25, -0.2) is 28.4 Å². The van der Waals surface area contributed by atoms with Crippen LogP contribution in [0, 0.1) is 13.8 Å². The zero-order valence-corrected chi connectivity index (χ0v) is 23.5. The Kier molecular flexibility index (Phi) is 7.97.